The zero-order valence-corrected chi connectivity index (χ0v) is 20.0. The first-order valence-electron chi connectivity index (χ1n) is 9.69. The maximum absolute atomic E-state index is 12.4. The Morgan fingerprint density at radius 1 is 1.29 bits per heavy atom. The molecule has 1 aromatic carbocycles. The Morgan fingerprint density at radius 2 is 2.00 bits per heavy atom. The van der Waals surface area contributed by atoms with E-state index in [0.717, 1.165) is 37.3 Å². The van der Waals surface area contributed by atoms with Crippen molar-refractivity contribution in [1.82, 2.24) is 15.4 Å². The van der Waals surface area contributed by atoms with E-state index in [2.05, 4.69) is 34.2 Å². The summed E-state index contributed by atoms with van der Waals surface area (Å²) in [5.41, 5.74) is 0.953. The summed E-state index contributed by atoms with van der Waals surface area (Å²) in [6.45, 7) is 8.55. The second-order valence-corrected chi connectivity index (χ2v) is 8.55. The highest BCUT2D eigenvalue weighted by atomic mass is 127. The van der Waals surface area contributed by atoms with Crippen molar-refractivity contribution in [2.45, 2.75) is 63.6 Å². The van der Waals surface area contributed by atoms with Crippen LogP contribution in [0.4, 0.5) is 0 Å². The second kappa shape index (κ2) is 12.6. The van der Waals surface area contributed by atoms with Crippen LogP contribution in [0.15, 0.2) is 34.2 Å². The highest BCUT2D eigenvalue weighted by Crippen LogP contribution is 2.14. The zero-order chi connectivity index (χ0) is 19.7. The van der Waals surface area contributed by atoms with Gasteiger partial charge < -0.3 is 15.4 Å². The SMILES string of the molecule is CCNC(=NCc1ccc(S(=O)(=O)NCC2CCCO2)cc1)NC(C)CC.I. The molecule has 1 saturated heterocycles. The van der Waals surface area contributed by atoms with Crippen LogP contribution in [0.5, 0.6) is 0 Å². The van der Waals surface area contributed by atoms with Gasteiger partial charge in [-0.25, -0.2) is 18.1 Å². The number of aliphatic imine (C=N–C) groups is 1. The molecule has 1 aliphatic rings. The minimum Gasteiger partial charge on any atom is -0.377 e. The lowest BCUT2D eigenvalue weighted by Crippen LogP contribution is -2.41. The van der Waals surface area contributed by atoms with E-state index >= 15 is 0 Å². The average molecular weight is 524 g/mol. The smallest absolute Gasteiger partial charge is 0.240 e. The predicted octanol–water partition coefficient (Wildman–Crippen LogP) is 2.62. The molecule has 7 nitrogen and oxygen atoms in total. The third kappa shape index (κ3) is 8.22. The number of ether oxygens (including phenoxy) is 1. The topological polar surface area (TPSA) is 91.8 Å². The Labute approximate surface area is 186 Å². The molecular formula is C19H33IN4O3S. The van der Waals surface area contributed by atoms with E-state index in [1.54, 1.807) is 24.3 Å². The molecule has 0 bridgehead atoms. The van der Waals surface area contributed by atoms with Crippen LogP contribution < -0.4 is 15.4 Å². The van der Waals surface area contributed by atoms with Gasteiger partial charge in [-0.15, -0.1) is 24.0 Å². The molecule has 3 N–H and O–H groups in total. The molecule has 0 spiro atoms. The van der Waals surface area contributed by atoms with Crippen LogP contribution in [0.25, 0.3) is 0 Å². The lowest BCUT2D eigenvalue weighted by atomic mass is 10.2. The maximum atomic E-state index is 12.4. The molecule has 0 amide bonds. The third-order valence-electron chi connectivity index (χ3n) is 4.52. The van der Waals surface area contributed by atoms with E-state index in [9.17, 15) is 8.42 Å². The molecule has 28 heavy (non-hydrogen) atoms. The third-order valence-corrected chi connectivity index (χ3v) is 5.96. The monoisotopic (exact) mass is 524 g/mol. The lowest BCUT2D eigenvalue weighted by Gasteiger charge is -2.16. The fraction of sp³-hybridized carbons (Fsp3) is 0.632. The molecule has 0 saturated carbocycles. The Bertz CT molecular complexity index is 704. The van der Waals surface area contributed by atoms with Crippen molar-refractivity contribution < 1.29 is 13.2 Å². The summed E-state index contributed by atoms with van der Waals surface area (Å²) in [5.74, 6) is 0.766. The van der Waals surface area contributed by atoms with Gasteiger partial charge in [-0.3, -0.25) is 0 Å². The molecule has 2 rings (SSSR count). The highest BCUT2D eigenvalue weighted by molar-refractivity contribution is 14.0. The summed E-state index contributed by atoms with van der Waals surface area (Å²) in [6.07, 6.45) is 2.88. The Kier molecular flexibility index (Phi) is 11.3. The van der Waals surface area contributed by atoms with E-state index in [0.29, 0.717) is 25.7 Å². The fourth-order valence-electron chi connectivity index (χ4n) is 2.69. The number of hydrogen-bond acceptors (Lipinski definition) is 4. The van der Waals surface area contributed by atoms with Crippen molar-refractivity contribution in [3.05, 3.63) is 29.8 Å². The number of nitrogens with zero attached hydrogens (tertiary/aromatic N) is 1. The van der Waals surface area contributed by atoms with Gasteiger partial charge in [0.25, 0.3) is 0 Å². The molecule has 2 unspecified atom stereocenters. The lowest BCUT2D eigenvalue weighted by molar-refractivity contribution is 0.114. The van der Waals surface area contributed by atoms with E-state index in [1.807, 2.05) is 6.92 Å². The van der Waals surface area contributed by atoms with Crippen LogP contribution >= 0.6 is 24.0 Å². The first-order chi connectivity index (χ1) is 12.9. The van der Waals surface area contributed by atoms with Crippen molar-refractivity contribution in [3.8, 4) is 0 Å². The first-order valence-corrected chi connectivity index (χ1v) is 11.2. The summed E-state index contributed by atoms with van der Waals surface area (Å²) in [7, 11) is -3.51. The number of guanidine groups is 1. The van der Waals surface area contributed by atoms with Crippen molar-refractivity contribution in [1.29, 1.82) is 0 Å². The minimum absolute atomic E-state index is 0. The molecule has 1 heterocycles. The average Bonchev–Trinajstić information content (AvgIpc) is 3.18. The van der Waals surface area contributed by atoms with Crippen LogP contribution in [0.3, 0.4) is 0 Å². The molecule has 2 atom stereocenters. The Hall–Kier alpha value is -0.910. The molecule has 9 heteroatoms. The molecule has 1 fully saturated rings. The predicted molar refractivity (Wildman–Crippen MR) is 124 cm³/mol. The Balaban J connectivity index is 0.00000392. The molecular weight excluding hydrogens is 491 g/mol. The molecule has 1 aromatic rings. The summed E-state index contributed by atoms with van der Waals surface area (Å²) in [6, 6.07) is 7.19. The van der Waals surface area contributed by atoms with E-state index in [1.165, 1.54) is 0 Å². The van der Waals surface area contributed by atoms with Crippen LogP contribution in [-0.2, 0) is 21.3 Å². The van der Waals surface area contributed by atoms with Crippen molar-refractivity contribution in [3.63, 3.8) is 0 Å². The van der Waals surface area contributed by atoms with Gasteiger partial charge in [0, 0.05) is 25.7 Å². The van der Waals surface area contributed by atoms with Gasteiger partial charge in [0.15, 0.2) is 5.96 Å². The van der Waals surface area contributed by atoms with Gasteiger partial charge in [-0.2, -0.15) is 0 Å². The maximum Gasteiger partial charge on any atom is 0.240 e. The summed E-state index contributed by atoms with van der Waals surface area (Å²) in [4.78, 5) is 4.83. The zero-order valence-electron chi connectivity index (χ0n) is 16.9. The molecule has 0 aromatic heterocycles. The van der Waals surface area contributed by atoms with E-state index < -0.39 is 10.0 Å². The summed E-state index contributed by atoms with van der Waals surface area (Å²) in [5, 5.41) is 6.56. The standard InChI is InChI=1S/C19H32N4O3S.HI/c1-4-15(3)23-19(20-5-2)21-13-16-8-10-18(11-9-16)27(24,25)22-14-17-7-6-12-26-17;/h8-11,15,17,22H,4-7,12-14H2,1-3H3,(H2,20,21,23);1H. The minimum atomic E-state index is -3.51. The molecule has 0 radical (unpaired) electrons. The molecule has 1 aliphatic heterocycles. The number of sulfonamides is 1. The number of nitrogens with one attached hydrogen (secondary N) is 3. The molecule has 160 valence electrons. The number of rotatable bonds is 9. The largest absolute Gasteiger partial charge is 0.377 e. The molecule has 0 aliphatic carbocycles. The Morgan fingerprint density at radius 3 is 2.57 bits per heavy atom. The fourth-order valence-corrected chi connectivity index (χ4v) is 3.76. The first kappa shape index (κ1) is 25.1. The van der Waals surface area contributed by atoms with Gasteiger partial charge in [-0.1, -0.05) is 19.1 Å². The van der Waals surface area contributed by atoms with Crippen molar-refractivity contribution in [2.75, 3.05) is 19.7 Å². The van der Waals surface area contributed by atoms with Crippen LogP contribution in [-0.4, -0.2) is 46.2 Å². The summed E-state index contributed by atoms with van der Waals surface area (Å²) < 4.78 is 32.9. The van der Waals surface area contributed by atoms with Crippen LogP contribution in [0.2, 0.25) is 0 Å². The summed E-state index contributed by atoms with van der Waals surface area (Å²) >= 11 is 0. The quantitative estimate of drug-likeness (QED) is 0.263. The van der Waals surface area contributed by atoms with Crippen molar-refractivity contribution in [2.24, 2.45) is 4.99 Å². The van der Waals surface area contributed by atoms with Crippen LogP contribution in [0, 0.1) is 0 Å². The van der Waals surface area contributed by atoms with Gasteiger partial charge in [0.2, 0.25) is 10.0 Å². The van der Waals surface area contributed by atoms with Crippen LogP contribution in [0.1, 0.15) is 45.6 Å². The highest BCUT2D eigenvalue weighted by Gasteiger charge is 2.20. The number of halogens is 1. The van der Waals surface area contributed by atoms with Gasteiger partial charge in [0.1, 0.15) is 0 Å². The van der Waals surface area contributed by atoms with Gasteiger partial charge in [-0.05, 0) is 50.8 Å². The van der Waals surface area contributed by atoms with E-state index in [4.69, 9.17) is 4.74 Å². The van der Waals surface area contributed by atoms with Gasteiger partial charge >= 0.3 is 0 Å². The normalized spacial score (nSPS) is 18.4. The van der Waals surface area contributed by atoms with Gasteiger partial charge in [0.05, 0.1) is 17.5 Å². The van der Waals surface area contributed by atoms with E-state index in [-0.39, 0.29) is 35.0 Å². The second-order valence-electron chi connectivity index (χ2n) is 6.78. The number of benzene rings is 1. The number of hydrogen-bond donors (Lipinski definition) is 3. The van der Waals surface area contributed by atoms with Crippen molar-refractivity contribution >= 4 is 40.0 Å².